The SMILES string of the molecule is CC(C)(CC(=O)O)CC(=O)c1ccc2c(c1)OCCCO2. The third kappa shape index (κ3) is 4.21. The molecule has 1 aromatic carbocycles. The number of benzene rings is 1. The molecule has 0 atom stereocenters. The van der Waals surface area contributed by atoms with Gasteiger partial charge in [0.1, 0.15) is 0 Å². The van der Waals surface area contributed by atoms with Crippen LogP contribution >= 0.6 is 0 Å². The average Bonchev–Trinajstić information content (AvgIpc) is 2.60. The van der Waals surface area contributed by atoms with Crippen molar-refractivity contribution in [2.75, 3.05) is 13.2 Å². The first-order valence-corrected chi connectivity index (χ1v) is 7.02. The van der Waals surface area contributed by atoms with E-state index >= 15 is 0 Å². The monoisotopic (exact) mass is 292 g/mol. The first kappa shape index (κ1) is 15.4. The number of aliphatic carboxylic acids is 1. The number of carbonyl (C=O) groups is 2. The first-order valence-electron chi connectivity index (χ1n) is 7.02. The maximum Gasteiger partial charge on any atom is 0.303 e. The van der Waals surface area contributed by atoms with E-state index in [0.717, 1.165) is 6.42 Å². The lowest BCUT2D eigenvalue weighted by molar-refractivity contribution is -0.139. The van der Waals surface area contributed by atoms with Crippen molar-refractivity contribution in [3.05, 3.63) is 23.8 Å². The van der Waals surface area contributed by atoms with Crippen LogP contribution in [0.25, 0.3) is 0 Å². The lowest BCUT2D eigenvalue weighted by Gasteiger charge is -2.21. The Morgan fingerprint density at radius 1 is 1.14 bits per heavy atom. The van der Waals surface area contributed by atoms with Crippen LogP contribution in [-0.2, 0) is 4.79 Å². The molecule has 5 nitrogen and oxygen atoms in total. The number of fused-ring (bicyclic) bond motifs is 1. The molecule has 1 aliphatic heterocycles. The van der Waals surface area contributed by atoms with Gasteiger partial charge in [0, 0.05) is 18.4 Å². The Balaban J connectivity index is 2.13. The molecule has 21 heavy (non-hydrogen) atoms. The normalized spacial score (nSPS) is 14.4. The Bertz CT molecular complexity index is 548. The number of Topliss-reactive ketones (excluding diaryl/α,β-unsaturated/α-hetero) is 1. The van der Waals surface area contributed by atoms with E-state index in [1.807, 2.05) is 0 Å². The molecule has 0 fully saturated rings. The Kier molecular flexibility index (Phi) is 4.50. The van der Waals surface area contributed by atoms with E-state index in [2.05, 4.69) is 0 Å². The molecule has 0 aromatic heterocycles. The molecule has 1 aromatic rings. The standard InChI is InChI=1S/C16H20O5/c1-16(2,10-15(18)19)9-12(17)11-4-5-13-14(8-11)21-7-3-6-20-13/h4-5,8H,3,6-7,9-10H2,1-2H3,(H,18,19). The van der Waals surface area contributed by atoms with Gasteiger partial charge in [-0.1, -0.05) is 13.8 Å². The fourth-order valence-electron chi connectivity index (χ4n) is 2.35. The fourth-order valence-corrected chi connectivity index (χ4v) is 2.35. The molecule has 0 amide bonds. The molecule has 1 N–H and O–H groups in total. The second kappa shape index (κ2) is 6.16. The molecule has 0 radical (unpaired) electrons. The molecular formula is C16H20O5. The number of carboxylic acids is 1. The largest absolute Gasteiger partial charge is 0.490 e. The van der Waals surface area contributed by atoms with E-state index < -0.39 is 11.4 Å². The minimum absolute atomic E-state index is 0.0384. The summed E-state index contributed by atoms with van der Waals surface area (Å²) in [5, 5.41) is 8.87. The Labute approximate surface area is 123 Å². The van der Waals surface area contributed by atoms with Gasteiger partial charge in [0.05, 0.1) is 19.6 Å². The summed E-state index contributed by atoms with van der Waals surface area (Å²) in [5.41, 5.74) is -0.0507. The Morgan fingerprint density at radius 2 is 1.81 bits per heavy atom. The van der Waals surface area contributed by atoms with Gasteiger partial charge in [-0.15, -0.1) is 0 Å². The minimum atomic E-state index is -0.897. The van der Waals surface area contributed by atoms with Gasteiger partial charge in [-0.3, -0.25) is 9.59 Å². The highest BCUT2D eigenvalue weighted by atomic mass is 16.5. The van der Waals surface area contributed by atoms with Gasteiger partial charge in [-0.25, -0.2) is 0 Å². The van der Waals surface area contributed by atoms with Crippen molar-refractivity contribution in [2.45, 2.75) is 33.1 Å². The van der Waals surface area contributed by atoms with E-state index in [9.17, 15) is 9.59 Å². The van der Waals surface area contributed by atoms with Gasteiger partial charge in [-0.2, -0.15) is 0 Å². The number of rotatable bonds is 5. The summed E-state index contributed by atoms with van der Waals surface area (Å²) in [6.45, 7) is 4.73. The summed E-state index contributed by atoms with van der Waals surface area (Å²) < 4.78 is 11.1. The van der Waals surface area contributed by atoms with E-state index in [0.29, 0.717) is 30.3 Å². The second-order valence-electron chi connectivity index (χ2n) is 6.05. The van der Waals surface area contributed by atoms with Crippen LogP contribution in [0.4, 0.5) is 0 Å². The second-order valence-corrected chi connectivity index (χ2v) is 6.05. The van der Waals surface area contributed by atoms with E-state index in [1.165, 1.54) is 0 Å². The molecule has 0 saturated heterocycles. The molecule has 0 saturated carbocycles. The van der Waals surface area contributed by atoms with Gasteiger partial charge in [-0.05, 0) is 23.6 Å². The van der Waals surface area contributed by atoms with Crippen LogP contribution in [-0.4, -0.2) is 30.1 Å². The highest BCUT2D eigenvalue weighted by Crippen LogP contribution is 2.32. The molecule has 0 aliphatic carbocycles. The maximum absolute atomic E-state index is 12.3. The smallest absolute Gasteiger partial charge is 0.303 e. The van der Waals surface area contributed by atoms with Crippen LogP contribution in [0.3, 0.4) is 0 Å². The van der Waals surface area contributed by atoms with Gasteiger partial charge in [0.2, 0.25) is 0 Å². The summed E-state index contributed by atoms with van der Waals surface area (Å²) in [6.07, 6.45) is 0.950. The maximum atomic E-state index is 12.3. The predicted molar refractivity (Wildman–Crippen MR) is 77.0 cm³/mol. The summed E-state index contributed by atoms with van der Waals surface area (Å²) in [4.78, 5) is 23.1. The molecular weight excluding hydrogens is 272 g/mol. The lowest BCUT2D eigenvalue weighted by Crippen LogP contribution is -2.21. The van der Waals surface area contributed by atoms with Crippen molar-refractivity contribution in [3.8, 4) is 11.5 Å². The molecule has 0 spiro atoms. The van der Waals surface area contributed by atoms with Crippen molar-refractivity contribution < 1.29 is 24.2 Å². The summed E-state index contributed by atoms with van der Waals surface area (Å²) >= 11 is 0. The summed E-state index contributed by atoms with van der Waals surface area (Å²) in [5.74, 6) is 0.242. The third-order valence-corrected chi connectivity index (χ3v) is 3.34. The van der Waals surface area contributed by atoms with Crippen LogP contribution in [0.2, 0.25) is 0 Å². The van der Waals surface area contributed by atoms with E-state index in [4.69, 9.17) is 14.6 Å². The number of hydrogen-bond acceptors (Lipinski definition) is 4. The molecule has 114 valence electrons. The predicted octanol–water partition coefficient (Wildman–Crippen LogP) is 2.92. The van der Waals surface area contributed by atoms with E-state index in [1.54, 1.807) is 32.0 Å². The number of ketones is 1. The van der Waals surface area contributed by atoms with Crippen LogP contribution in [0.15, 0.2) is 18.2 Å². The zero-order chi connectivity index (χ0) is 15.5. The van der Waals surface area contributed by atoms with Gasteiger partial charge in [0.25, 0.3) is 0 Å². The molecule has 5 heteroatoms. The zero-order valence-electron chi connectivity index (χ0n) is 12.3. The summed E-state index contributed by atoms with van der Waals surface area (Å²) in [7, 11) is 0. The van der Waals surface area contributed by atoms with Crippen LogP contribution in [0, 0.1) is 5.41 Å². The van der Waals surface area contributed by atoms with Crippen LogP contribution in [0.5, 0.6) is 11.5 Å². The minimum Gasteiger partial charge on any atom is -0.490 e. The van der Waals surface area contributed by atoms with Crippen molar-refractivity contribution in [3.63, 3.8) is 0 Å². The Morgan fingerprint density at radius 3 is 2.48 bits per heavy atom. The molecule has 1 heterocycles. The molecule has 0 bridgehead atoms. The highest BCUT2D eigenvalue weighted by Gasteiger charge is 2.26. The van der Waals surface area contributed by atoms with Crippen molar-refractivity contribution >= 4 is 11.8 Å². The fraction of sp³-hybridized carbons (Fsp3) is 0.500. The van der Waals surface area contributed by atoms with Crippen molar-refractivity contribution in [2.24, 2.45) is 5.41 Å². The topological polar surface area (TPSA) is 72.8 Å². The molecule has 2 rings (SSSR count). The molecule has 1 aliphatic rings. The zero-order valence-corrected chi connectivity index (χ0v) is 12.3. The highest BCUT2D eigenvalue weighted by molar-refractivity contribution is 5.97. The number of ether oxygens (including phenoxy) is 2. The number of carbonyl (C=O) groups excluding carboxylic acids is 1. The number of carboxylic acid groups (broad SMARTS) is 1. The quantitative estimate of drug-likeness (QED) is 0.845. The van der Waals surface area contributed by atoms with E-state index in [-0.39, 0.29) is 18.6 Å². The third-order valence-electron chi connectivity index (χ3n) is 3.34. The number of hydrogen-bond donors (Lipinski definition) is 1. The Hall–Kier alpha value is -2.04. The van der Waals surface area contributed by atoms with Crippen molar-refractivity contribution in [1.82, 2.24) is 0 Å². The van der Waals surface area contributed by atoms with Crippen molar-refractivity contribution in [1.29, 1.82) is 0 Å². The van der Waals surface area contributed by atoms with Crippen LogP contribution < -0.4 is 9.47 Å². The lowest BCUT2D eigenvalue weighted by atomic mass is 9.82. The average molecular weight is 292 g/mol. The summed E-state index contributed by atoms with van der Waals surface area (Å²) in [6, 6.07) is 5.12. The van der Waals surface area contributed by atoms with Crippen LogP contribution in [0.1, 0.15) is 43.5 Å². The van der Waals surface area contributed by atoms with Gasteiger partial charge >= 0.3 is 5.97 Å². The molecule has 0 unspecified atom stereocenters. The van der Waals surface area contributed by atoms with Gasteiger partial charge < -0.3 is 14.6 Å². The first-order chi connectivity index (χ1) is 9.87. The van der Waals surface area contributed by atoms with Gasteiger partial charge in [0.15, 0.2) is 17.3 Å².